The fourth-order valence-corrected chi connectivity index (χ4v) is 2.61. The van der Waals surface area contributed by atoms with E-state index in [9.17, 15) is 13.2 Å². The van der Waals surface area contributed by atoms with Gasteiger partial charge in [0.1, 0.15) is 0 Å². The summed E-state index contributed by atoms with van der Waals surface area (Å²) >= 11 is 0. The zero-order valence-electron chi connectivity index (χ0n) is 10.9. The molecule has 5 heteroatoms. The molecule has 0 aliphatic heterocycles. The summed E-state index contributed by atoms with van der Waals surface area (Å²) in [6, 6.07) is 6.63. The summed E-state index contributed by atoms with van der Waals surface area (Å²) in [5.74, 6) is 0.0218. The van der Waals surface area contributed by atoms with Crippen LogP contribution in [0, 0.1) is 5.92 Å². The first kappa shape index (κ1) is 14.7. The van der Waals surface area contributed by atoms with Gasteiger partial charge in [0, 0.05) is 6.42 Å². The first-order chi connectivity index (χ1) is 8.35. The van der Waals surface area contributed by atoms with Crippen LogP contribution in [-0.4, -0.2) is 14.3 Å². The molecule has 1 aromatic rings. The fourth-order valence-electron chi connectivity index (χ4n) is 1.56. The van der Waals surface area contributed by atoms with E-state index in [1.807, 2.05) is 4.72 Å². The molecule has 100 valence electrons. The largest absolute Gasteiger partial charge is 0.274 e. The second-order valence-corrected chi connectivity index (χ2v) is 6.31. The van der Waals surface area contributed by atoms with Crippen LogP contribution in [0.25, 0.3) is 0 Å². The Morgan fingerprint density at radius 3 is 2.22 bits per heavy atom. The highest BCUT2D eigenvalue weighted by molar-refractivity contribution is 7.90. The van der Waals surface area contributed by atoms with Crippen LogP contribution in [0.2, 0.25) is 0 Å². The number of sulfonamides is 1. The Hall–Kier alpha value is -1.36. The second-order valence-electron chi connectivity index (χ2n) is 4.62. The standard InChI is InChI=1S/C13H19NO3S/c1-4-13(15)14-18(16,17)12-7-5-11(6-8-12)9-10(2)3/h5-8,10H,4,9H2,1-3H3,(H,14,15). The van der Waals surface area contributed by atoms with Gasteiger partial charge in [-0.15, -0.1) is 0 Å². The number of benzene rings is 1. The van der Waals surface area contributed by atoms with Crippen LogP contribution in [0.15, 0.2) is 29.2 Å². The summed E-state index contributed by atoms with van der Waals surface area (Å²) in [4.78, 5) is 11.2. The highest BCUT2D eigenvalue weighted by Gasteiger charge is 2.16. The van der Waals surface area contributed by atoms with Crippen LogP contribution in [-0.2, 0) is 21.2 Å². The number of nitrogens with one attached hydrogen (secondary N) is 1. The van der Waals surface area contributed by atoms with Gasteiger partial charge in [0.15, 0.2) is 0 Å². The minimum Gasteiger partial charge on any atom is -0.274 e. The maximum atomic E-state index is 11.8. The predicted octanol–water partition coefficient (Wildman–Crippen LogP) is 2.10. The van der Waals surface area contributed by atoms with E-state index >= 15 is 0 Å². The zero-order chi connectivity index (χ0) is 13.8. The molecule has 1 aromatic carbocycles. The molecule has 18 heavy (non-hydrogen) atoms. The molecule has 0 spiro atoms. The molecule has 0 saturated heterocycles. The molecule has 0 heterocycles. The summed E-state index contributed by atoms with van der Waals surface area (Å²) in [6.45, 7) is 5.81. The summed E-state index contributed by atoms with van der Waals surface area (Å²) in [5.41, 5.74) is 1.09. The van der Waals surface area contributed by atoms with E-state index in [-0.39, 0.29) is 11.3 Å². The van der Waals surface area contributed by atoms with Crippen molar-refractivity contribution in [2.24, 2.45) is 5.92 Å². The van der Waals surface area contributed by atoms with E-state index in [2.05, 4.69) is 13.8 Å². The molecule has 4 nitrogen and oxygen atoms in total. The maximum absolute atomic E-state index is 11.8. The summed E-state index contributed by atoms with van der Waals surface area (Å²) in [5, 5.41) is 0. The molecule has 0 fully saturated rings. The summed E-state index contributed by atoms with van der Waals surface area (Å²) in [7, 11) is -3.72. The van der Waals surface area contributed by atoms with Crippen molar-refractivity contribution in [3.63, 3.8) is 0 Å². The quantitative estimate of drug-likeness (QED) is 0.890. The molecule has 0 saturated carbocycles. The van der Waals surface area contributed by atoms with Gasteiger partial charge in [-0.25, -0.2) is 13.1 Å². The van der Waals surface area contributed by atoms with Gasteiger partial charge in [-0.2, -0.15) is 0 Å². The predicted molar refractivity (Wildman–Crippen MR) is 70.6 cm³/mol. The topological polar surface area (TPSA) is 63.2 Å². The van der Waals surface area contributed by atoms with Crippen LogP contribution in [0.4, 0.5) is 0 Å². The van der Waals surface area contributed by atoms with Crippen LogP contribution in [0.1, 0.15) is 32.8 Å². The lowest BCUT2D eigenvalue weighted by molar-refractivity contribution is -0.119. The number of rotatable bonds is 5. The van der Waals surface area contributed by atoms with Gasteiger partial charge in [-0.1, -0.05) is 32.9 Å². The lowest BCUT2D eigenvalue weighted by Crippen LogP contribution is -2.29. The Morgan fingerprint density at radius 1 is 1.22 bits per heavy atom. The third kappa shape index (κ3) is 4.14. The number of hydrogen-bond donors (Lipinski definition) is 1. The Labute approximate surface area is 108 Å². The minimum atomic E-state index is -3.72. The first-order valence-electron chi connectivity index (χ1n) is 5.99. The highest BCUT2D eigenvalue weighted by atomic mass is 32.2. The highest BCUT2D eigenvalue weighted by Crippen LogP contribution is 2.13. The Balaban J connectivity index is 2.87. The molecular weight excluding hydrogens is 250 g/mol. The van der Waals surface area contributed by atoms with Crippen molar-refractivity contribution >= 4 is 15.9 Å². The van der Waals surface area contributed by atoms with Crippen molar-refractivity contribution in [3.8, 4) is 0 Å². The number of carbonyl (C=O) groups is 1. The SMILES string of the molecule is CCC(=O)NS(=O)(=O)c1ccc(CC(C)C)cc1. The number of amides is 1. The van der Waals surface area contributed by atoms with Crippen LogP contribution < -0.4 is 4.72 Å². The molecule has 0 aliphatic rings. The summed E-state index contributed by atoms with van der Waals surface area (Å²) < 4.78 is 25.6. The molecular formula is C13H19NO3S. The van der Waals surface area contributed by atoms with Crippen LogP contribution >= 0.6 is 0 Å². The molecule has 0 radical (unpaired) electrons. The monoisotopic (exact) mass is 269 g/mol. The maximum Gasteiger partial charge on any atom is 0.264 e. The van der Waals surface area contributed by atoms with Gasteiger partial charge in [0.05, 0.1) is 4.90 Å². The smallest absolute Gasteiger partial charge is 0.264 e. The van der Waals surface area contributed by atoms with E-state index in [0.717, 1.165) is 12.0 Å². The van der Waals surface area contributed by atoms with Gasteiger partial charge < -0.3 is 0 Å². The lowest BCUT2D eigenvalue weighted by Gasteiger charge is -2.08. The Kier molecular flexibility index (Phi) is 4.90. The summed E-state index contributed by atoms with van der Waals surface area (Å²) in [6.07, 6.45) is 1.05. The average molecular weight is 269 g/mol. The van der Waals surface area contributed by atoms with Crippen molar-refractivity contribution in [2.75, 3.05) is 0 Å². The van der Waals surface area contributed by atoms with E-state index in [1.165, 1.54) is 12.1 Å². The van der Waals surface area contributed by atoms with Crippen molar-refractivity contribution in [1.29, 1.82) is 0 Å². The van der Waals surface area contributed by atoms with Gasteiger partial charge in [0.2, 0.25) is 5.91 Å². The molecule has 0 aliphatic carbocycles. The second kappa shape index (κ2) is 6.00. The number of carbonyl (C=O) groups excluding carboxylic acids is 1. The first-order valence-corrected chi connectivity index (χ1v) is 7.48. The fraction of sp³-hybridized carbons (Fsp3) is 0.462. The van der Waals surface area contributed by atoms with Crippen molar-refractivity contribution in [2.45, 2.75) is 38.5 Å². The normalized spacial score (nSPS) is 11.6. The van der Waals surface area contributed by atoms with Crippen LogP contribution in [0.5, 0.6) is 0 Å². The molecule has 1 rings (SSSR count). The van der Waals surface area contributed by atoms with Crippen molar-refractivity contribution in [3.05, 3.63) is 29.8 Å². The van der Waals surface area contributed by atoms with E-state index < -0.39 is 15.9 Å². The Morgan fingerprint density at radius 2 is 1.78 bits per heavy atom. The molecule has 0 aromatic heterocycles. The van der Waals surface area contributed by atoms with Gasteiger partial charge in [-0.3, -0.25) is 4.79 Å². The van der Waals surface area contributed by atoms with Crippen molar-refractivity contribution < 1.29 is 13.2 Å². The Bertz CT molecular complexity index is 504. The third-order valence-electron chi connectivity index (χ3n) is 2.45. The molecule has 1 N–H and O–H groups in total. The van der Waals surface area contributed by atoms with Gasteiger partial charge >= 0.3 is 0 Å². The molecule has 0 bridgehead atoms. The number of hydrogen-bond acceptors (Lipinski definition) is 3. The van der Waals surface area contributed by atoms with Crippen molar-refractivity contribution in [1.82, 2.24) is 4.72 Å². The lowest BCUT2D eigenvalue weighted by atomic mass is 10.0. The van der Waals surface area contributed by atoms with E-state index in [1.54, 1.807) is 19.1 Å². The molecule has 0 unspecified atom stereocenters. The zero-order valence-corrected chi connectivity index (χ0v) is 11.8. The average Bonchev–Trinajstić information content (AvgIpc) is 2.28. The molecule has 1 amide bonds. The third-order valence-corrected chi connectivity index (χ3v) is 3.84. The van der Waals surface area contributed by atoms with Crippen LogP contribution in [0.3, 0.4) is 0 Å². The van der Waals surface area contributed by atoms with E-state index in [4.69, 9.17) is 0 Å². The van der Waals surface area contributed by atoms with Gasteiger partial charge in [0.25, 0.3) is 10.0 Å². The minimum absolute atomic E-state index is 0.122. The van der Waals surface area contributed by atoms with E-state index in [0.29, 0.717) is 5.92 Å². The molecule has 0 atom stereocenters. The van der Waals surface area contributed by atoms with Gasteiger partial charge in [-0.05, 0) is 30.0 Å².